The van der Waals surface area contributed by atoms with E-state index in [1.54, 1.807) is 12.0 Å². The highest BCUT2D eigenvalue weighted by Crippen LogP contribution is 2.45. The molecule has 0 spiro atoms. The zero-order valence-electron chi connectivity index (χ0n) is 17.8. The molecule has 1 aromatic heterocycles. The van der Waals surface area contributed by atoms with E-state index < -0.39 is 6.23 Å². The number of fused-ring (bicyclic) bond motifs is 4. The summed E-state index contributed by atoms with van der Waals surface area (Å²) in [7, 11) is 1.64. The van der Waals surface area contributed by atoms with Crippen LogP contribution in [0.2, 0.25) is 0 Å². The summed E-state index contributed by atoms with van der Waals surface area (Å²) in [6.45, 7) is 1.53. The number of anilines is 1. The van der Waals surface area contributed by atoms with E-state index in [0.29, 0.717) is 22.4 Å². The highest BCUT2D eigenvalue weighted by molar-refractivity contribution is 7.98. The minimum atomic E-state index is -0.753. The van der Waals surface area contributed by atoms with E-state index in [4.69, 9.17) is 9.47 Å². The third-order valence-corrected chi connectivity index (χ3v) is 5.98. The Balaban J connectivity index is 1.81. The van der Waals surface area contributed by atoms with Crippen molar-refractivity contribution in [3.8, 4) is 22.9 Å². The van der Waals surface area contributed by atoms with Gasteiger partial charge in [0.15, 0.2) is 5.69 Å². The smallest absolute Gasteiger partial charge is 0.247 e. The molecule has 1 aliphatic heterocycles. The van der Waals surface area contributed by atoms with Crippen molar-refractivity contribution in [1.82, 2.24) is 15.2 Å². The summed E-state index contributed by atoms with van der Waals surface area (Å²) in [5.41, 5.74) is 2.76. The lowest BCUT2D eigenvalue weighted by Gasteiger charge is -2.30. The molecule has 1 aliphatic rings. The molecule has 2 heterocycles. The molecular formula is C24H20N4O3S. The van der Waals surface area contributed by atoms with Crippen molar-refractivity contribution >= 4 is 34.1 Å². The largest absolute Gasteiger partial charge is 0.496 e. The van der Waals surface area contributed by atoms with E-state index in [1.165, 1.54) is 18.7 Å². The van der Waals surface area contributed by atoms with Crippen molar-refractivity contribution in [2.45, 2.75) is 18.3 Å². The first kappa shape index (κ1) is 20.3. The lowest BCUT2D eigenvalue weighted by Crippen LogP contribution is -2.36. The van der Waals surface area contributed by atoms with Crippen LogP contribution in [0.4, 0.5) is 5.69 Å². The molecule has 160 valence electrons. The number of benzene rings is 3. The Kier molecular flexibility index (Phi) is 5.14. The molecule has 1 atom stereocenters. The minimum Gasteiger partial charge on any atom is -0.496 e. The van der Waals surface area contributed by atoms with E-state index in [0.717, 1.165) is 27.6 Å². The van der Waals surface area contributed by atoms with Gasteiger partial charge in [0.1, 0.15) is 5.75 Å². The van der Waals surface area contributed by atoms with Crippen molar-refractivity contribution < 1.29 is 14.3 Å². The van der Waals surface area contributed by atoms with E-state index in [-0.39, 0.29) is 5.91 Å². The van der Waals surface area contributed by atoms with Crippen LogP contribution in [0.15, 0.2) is 65.8 Å². The summed E-state index contributed by atoms with van der Waals surface area (Å²) < 4.78 is 12.0. The quantitative estimate of drug-likeness (QED) is 0.417. The Bertz CT molecular complexity index is 1340. The van der Waals surface area contributed by atoms with Crippen molar-refractivity contribution in [3.05, 3.63) is 66.2 Å². The molecule has 7 nitrogen and oxygen atoms in total. The normalized spacial score (nSPS) is 14.8. The van der Waals surface area contributed by atoms with Gasteiger partial charge in [-0.2, -0.15) is 4.98 Å². The number of methoxy groups -OCH3 is 1. The topological polar surface area (TPSA) is 77.4 Å². The van der Waals surface area contributed by atoms with E-state index >= 15 is 0 Å². The molecule has 4 aromatic rings. The Hall–Kier alpha value is -3.65. The summed E-state index contributed by atoms with van der Waals surface area (Å²) in [5, 5.41) is 10.9. The fraction of sp³-hybridized carbons (Fsp3) is 0.167. The standard InChI is InChI=1S/C24H20N4O3S/c1-14(29)28-19-11-7-6-10-18(19)21-22(25-24(32-3)27-26-21)31-23(28)17-12-13-20(30-2)16-9-5-4-8-15(16)17/h4-13,23H,1-3H3/t23-/m0/s1. The molecule has 0 N–H and O–H groups in total. The van der Waals surface area contributed by atoms with Crippen molar-refractivity contribution in [3.63, 3.8) is 0 Å². The maximum atomic E-state index is 13.0. The summed E-state index contributed by atoms with van der Waals surface area (Å²) in [5.74, 6) is 0.931. The molecule has 8 heteroatoms. The first-order valence-corrected chi connectivity index (χ1v) is 11.2. The molecular weight excluding hydrogens is 424 g/mol. The number of nitrogens with zero attached hydrogens (tertiary/aromatic N) is 4. The van der Waals surface area contributed by atoms with Gasteiger partial charge in [0.2, 0.25) is 23.2 Å². The van der Waals surface area contributed by atoms with Crippen LogP contribution in [-0.4, -0.2) is 34.5 Å². The molecule has 0 bridgehead atoms. The number of carbonyl (C=O) groups is 1. The number of aromatic nitrogens is 3. The predicted molar refractivity (Wildman–Crippen MR) is 124 cm³/mol. The lowest BCUT2D eigenvalue weighted by atomic mass is 10.0. The predicted octanol–water partition coefficient (Wildman–Crippen LogP) is 4.87. The van der Waals surface area contributed by atoms with E-state index in [2.05, 4.69) is 15.2 Å². The number of carbonyl (C=O) groups excluding carboxylic acids is 1. The van der Waals surface area contributed by atoms with Crippen LogP contribution in [-0.2, 0) is 4.79 Å². The van der Waals surface area contributed by atoms with Gasteiger partial charge in [0.05, 0.1) is 12.8 Å². The molecule has 0 fully saturated rings. The first-order valence-electron chi connectivity index (χ1n) is 10.0. The molecule has 5 rings (SSSR count). The molecule has 0 aliphatic carbocycles. The number of rotatable bonds is 3. The third kappa shape index (κ3) is 3.23. The van der Waals surface area contributed by atoms with Gasteiger partial charge in [-0.25, -0.2) is 0 Å². The van der Waals surface area contributed by atoms with Gasteiger partial charge in [-0.15, -0.1) is 10.2 Å². The zero-order valence-corrected chi connectivity index (χ0v) is 18.6. The van der Waals surface area contributed by atoms with Gasteiger partial charge in [-0.3, -0.25) is 9.69 Å². The SMILES string of the molecule is COc1ccc([C@@H]2Oc3nc(SC)nnc3-c3ccccc3N2C(C)=O)c2ccccc12. The van der Waals surface area contributed by atoms with Gasteiger partial charge in [0.25, 0.3) is 0 Å². The highest BCUT2D eigenvalue weighted by Gasteiger charge is 2.35. The average molecular weight is 445 g/mol. The Morgan fingerprint density at radius 2 is 1.78 bits per heavy atom. The molecule has 3 aromatic carbocycles. The fourth-order valence-electron chi connectivity index (χ4n) is 4.03. The average Bonchev–Trinajstić information content (AvgIpc) is 2.97. The molecule has 0 saturated carbocycles. The van der Waals surface area contributed by atoms with E-state index in [1.807, 2.05) is 66.9 Å². The first-order chi connectivity index (χ1) is 15.6. The number of hydrogen-bond donors (Lipinski definition) is 0. The van der Waals surface area contributed by atoms with Gasteiger partial charge >= 0.3 is 0 Å². The maximum Gasteiger partial charge on any atom is 0.247 e. The van der Waals surface area contributed by atoms with Crippen LogP contribution in [0.1, 0.15) is 18.7 Å². The zero-order chi connectivity index (χ0) is 22.2. The summed E-state index contributed by atoms with van der Waals surface area (Å²) in [6, 6.07) is 19.3. The molecule has 0 radical (unpaired) electrons. The van der Waals surface area contributed by atoms with Gasteiger partial charge in [-0.1, -0.05) is 54.2 Å². The van der Waals surface area contributed by atoms with Crippen LogP contribution in [0.3, 0.4) is 0 Å². The van der Waals surface area contributed by atoms with Crippen LogP contribution >= 0.6 is 11.8 Å². The summed E-state index contributed by atoms with van der Waals surface area (Å²) >= 11 is 1.38. The lowest BCUT2D eigenvalue weighted by molar-refractivity contribution is -0.118. The van der Waals surface area contributed by atoms with Crippen LogP contribution in [0, 0.1) is 0 Å². The number of para-hydroxylation sites is 1. The Labute approximate surface area is 189 Å². The number of ether oxygens (including phenoxy) is 2. The minimum absolute atomic E-state index is 0.159. The molecule has 0 saturated heterocycles. The fourth-order valence-corrected chi connectivity index (χ4v) is 4.33. The monoisotopic (exact) mass is 444 g/mol. The second-order valence-corrected chi connectivity index (χ2v) is 8.00. The van der Waals surface area contributed by atoms with Gasteiger partial charge < -0.3 is 9.47 Å². The van der Waals surface area contributed by atoms with Crippen LogP contribution < -0.4 is 14.4 Å². The van der Waals surface area contributed by atoms with Gasteiger partial charge in [-0.05, 0) is 29.8 Å². The summed E-state index contributed by atoms with van der Waals surface area (Å²) in [6.07, 6.45) is 1.13. The van der Waals surface area contributed by atoms with Crippen molar-refractivity contribution in [1.29, 1.82) is 0 Å². The number of thioether (sulfide) groups is 1. The number of amides is 1. The highest BCUT2D eigenvalue weighted by atomic mass is 32.2. The Morgan fingerprint density at radius 3 is 2.53 bits per heavy atom. The Morgan fingerprint density at radius 1 is 1.03 bits per heavy atom. The third-order valence-electron chi connectivity index (χ3n) is 5.44. The maximum absolute atomic E-state index is 13.0. The van der Waals surface area contributed by atoms with E-state index in [9.17, 15) is 4.79 Å². The molecule has 32 heavy (non-hydrogen) atoms. The van der Waals surface area contributed by atoms with Gasteiger partial charge in [0, 0.05) is 23.4 Å². The van der Waals surface area contributed by atoms with Crippen LogP contribution in [0.5, 0.6) is 11.6 Å². The summed E-state index contributed by atoms with van der Waals surface area (Å²) in [4.78, 5) is 19.2. The number of hydrogen-bond acceptors (Lipinski definition) is 7. The van der Waals surface area contributed by atoms with Crippen molar-refractivity contribution in [2.24, 2.45) is 0 Å². The van der Waals surface area contributed by atoms with Crippen LogP contribution in [0.25, 0.3) is 22.0 Å². The van der Waals surface area contributed by atoms with Crippen molar-refractivity contribution in [2.75, 3.05) is 18.3 Å². The second-order valence-electron chi connectivity index (χ2n) is 7.23. The molecule has 1 amide bonds. The second kappa shape index (κ2) is 8.12. The molecule has 0 unspecified atom stereocenters.